The topological polar surface area (TPSA) is 100 Å². The lowest BCUT2D eigenvalue weighted by Gasteiger charge is -2.29. The number of carbonyl (C=O) groups excluding carboxylic acids is 2. The molecule has 1 aromatic rings. The summed E-state index contributed by atoms with van der Waals surface area (Å²) in [6.07, 6.45) is 6.14. The third-order valence-corrected chi connectivity index (χ3v) is 5.58. The number of carbonyl (C=O) groups is 2. The smallest absolute Gasteiger partial charge is 0.248 e. The molecule has 2 aliphatic rings. The molecule has 3 rings (SSSR count). The number of hydrogen-bond acceptors (Lipinski definition) is 5. The Morgan fingerprint density at radius 3 is 2.62 bits per heavy atom. The van der Waals surface area contributed by atoms with E-state index in [9.17, 15) is 14.7 Å². The van der Waals surface area contributed by atoms with Crippen LogP contribution in [0.15, 0.2) is 6.20 Å². The first-order chi connectivity index (χ1) is 12.4. The highest BCUT2D eigenvalue weighted by Crippen LogP contribution is 2.33. The number of nitrogens with one attached hydrogen (secondary N) is 1. The maximum atomic E-state index is 13.2. The summed E-state index contributed by atoms with van der Waals surface area (Å²) in [5.41, 5.74) is 0.949. The van der Waals surface area contributed by atoms with Crippen LogP contribution in [0.5, 0.6) is 0 Å². The van der Waals surface area contributed by atoms with Crippen molar-refractivity contribution < 1.29 is 14.7 Å². The molecule has 26 heavy (non-hydrogen) atoms. The van der Waals surface area contributed by atoms with Crippen LogP contribution < -0.4 is 5.32 Å². The van der Waals surface area contributed by atoms with Gasteiger partial charge in [0.25, 0.3) is 0 Å². The number of β-amino-alcohol motifs (C(OH)–C–C–N with tert-alkyl or cyclic N) is 1. The Bertz CT molecular complexity index is 653. The minimum absolute atomic E-state index is 0.0105. The van der Waals surface area contributed by atoms with E-state index in [0.29, 0.717) is 5.92 Å². The molecule has 8 nitrogen and oxygen atoms in total. The van der Waals surface area contributed by atoms with Crippen molar-refractivity contribution in [3.8, 4) is 0 Å². The molecular formula is C18H29N5O3. The van der Waals surface area contributed by atoms with Gasteiger partial charge in [-0.2, -0.15) is 0 Å². The van der Waals surface area contributed by atoms with Crippen LogP contribution >= 0.6 is 0 Å². The lowest BCUT2D eigenvalue weighted by molar-refractivity contribution is -0.142. The molecule has 8 heteroatoms. The molecule has 1 aliphatic heterocycles. The second-order valence-corrected chi connectivity index (χ2v) is 7.80. The number of hydrogen-bond donors (Lipinski definition) is 2. The zero-order valence-corrected chi connectivity index (χ0v) is 15.8. The van der Waals surface area contributed by atoms with Gasteiger partial charge < -0.3 is 15.3 Å². The molecule has 3 unspecified atom stereocenters. The van der Waals surface area contributed by atoms with Gasteiger partial charge in [-0.05, 0) is 18.8 Å². The maximum Gasteiger partial charge on any atom is 0.248 e. The summed E-state index contributed by atoms with van der Waals surface area (Å²) in [6, 6.07) is -1.17. The van der Waals surface area contributed by atoms with E-state index >= 15 is 0 Å². The quantitative estimate of drug-likeness (QED) is 0.807. The van der Waals surface area contributed by atoms with Gasteiger partial charge in [0.15, 0.2) is 0 Å². The van der Waals surface area contributed by atoms with Crippen molar-refractivity contribution in [2.45, 2.75) is 70.1 Å². The molecule has 144 valence electrons. The zero-order valence-electron chi connectivity index (χ0n) is 15.8. The summed E-state index contributed by atoms with van der Waals surface area (Å²) >= 11 is 0. The number of aromatic nitrogens is 3. The second-order valence-electron chi connectivity index (χ2n) is 7.80. The lowest BCUT2D eigenvalue weighted by Crippen LogP contribution is -2.48. The van der Waals surface area contributed by atoms with Crippen LogP contribution in [0.1, 0.15) is 63.6 Å². The number of likely N-dealkylation sites (N-methyl/N-ethyl adjacent to an activating group) is 1. The highest BCUT2D eigenvalue weighted by molar-refractivity contribution is 5.89. The predicted octanol–water partition coefficient (Wildman–Crippen LogP) is 0.841. The van der Waals surface area contributed by atoms with Gasteiger partial charge in [0.2, 0.25) is 11.8 Å². The van der Waals surface area contributed by atoms with Crippen molar-refractivity contribution in [2.24, 2.45) is 5.92 Å². The van der Waals surface area contributed by atoms with E-state index in [0.717, 1.165) is 18.5 Å². The normalized spacial score (nSPS) is 25.0. The van der Waals surface area contributed by atoms with Gasteiger partial charge in [-0.1, -0.05) is 31.9 Å². The van der Waals surface area contributed by atoms with Crippen LogP contribution in [0.4, 0.5) is 0 Å². The monoisotopic (exact) mass is 363 g/mol. The molecule has 1 saturated carbocycles. The Morgan fingerprint density at radius 2 is 2.00 bits per heavy atom. The van der Waals surface area contributed by atoms with Gasteiger partial charge in [-0.15, -0.1) is 5.10 Å². The first-order valence-electron chi connectivity index (χ1n) is 9.54. The van der Waals surface area contributed by atoms with Crippen LogP contribution in [0.3, 0.4) is 0 Å². The molecule has 1 aromatic heterocycles. The van der Waals surface area contributed by atoms with Gasteiger partial charge in [-0.3, -0.25) is 9.59 Å². The average Bonchev–Trinajstić information content (AvgIpc) is 3.33. The van der Waals surface area contributed by atoms with E-state index in [-0.39, 0.29) is 30.7 Å². The number of likely N-dealkylation sites (tertiary alicyclic amines) is 1. The molecule has 2 fully saturated rings. The number of aliphatic hydroxyl groups is 1. The van der Waals surface area contributed by atoms with Crippen LogP contribution in [0, 0.1) is 5.92 Å². The number of nitrogens with zero attached hydrogens (tertiary/aromatic N) is 4. The molecule has 0 radical (unpaired) electrons. The van der Waals surface area contributed by atoms with Crippen molar-refractivity contribution in [3.63, 3.8) is 0 Å². The molecule has 1 aliphatic carbocycles. The number of rotatable bonds is 5. The van der Waals surface area contributed by atoms with Crippen LogP contribution in [0.25, 0.3) is 0 Å². The Morgan fingerprint density at radius 1 is 1.31 bits per heavy atom. The first-order valence-corrected chi connectivity index (χ1v) is 9.54. The molecule has 2 N–H and O–H groups in total. The fourth-order valence-corrected chi connectivity index (χ4v) is 4.18. The standard InChI is InChI=1S/C18H29N5O3/c1-11(2)16(23-10-14(20-21-23)12-6-4-5-7-12)18(26)22-9-13(24)8-15(22)17(25)19-3/h10-13,15-16,24H,4-9H2,1-3H3,(H,19,25). The van der Waals surface area contributed by atoms with E-state index in [4.69, 9.17) is 0 Å². The van der Waals surface area contributed by atoms with Gasteiger partial charge in [0.05, 0.1) is 11.8 Å². The molecule has 2 amide bonds. The van der Waals surface area contributed by atoms with Crippen molar-refractivity contribution in [1.29, 1.82) is 0 Å². The van der Waals surface area contributed by atoms with Crippen molar-refractivity contribution in [1.82, 2.24) is 25.2 Å². The fraction of sp³-hybridized carbons (Fsp3) is 0.778. The molecule has 0 spiro atoms. The van der Waals surface area contributed by atoms with Crippen LogP contribution in [0.2, 0.25) is 0 Å². The van der Waals surface area contributed by atoms with Crippen LogP contribution in [-0.4, -0.2) is 62.6 Å². The molecule has 0 bridgehead atoms. The van der Waals surface area contributed by atoms with E-state index in [1.807, 2.05) is 20.0 Å². The highest BCUT2D eigenvalue weighted by atomic mass is 16.3. The van der Waals surface area contributed by atoms with Gasteiger partial charge in [-0.25, -0.2) is 4.68 Å². The summed E-state index contributed by atoms with van der Waals surface area (Å²) in [5, 5.41) is 21.1. The Balaban J connectivity index is 1.83. The highest BCUT2D eigenvalue weighted by Gasteiger charge is 2.42. The summed E-state index contributed by atoms with van der Waals surface area (Å²) in [5.74, 6) is -0.0155. The van der Waals surface area contributed by atoms with E-state index in [2.05, 4.69) is 15.6 Å². The Hall–Kier alpha value is -1.96. The average molecular weight is 363 g/mol. The van der Waals surface area contributed by atoms with Crippen LogP contribution in [-0.2, 0) is 9.59 Å². The minimum atomic E-state index is -0.682. The third kappa shape index (κ3) is 3.60. The summed E-state index contributed by atoms with van der Waals surface area (Å²) in [4.78, 5) is 26.9. The van der Waals surface area contributed by atoms with E-state index in [1.165, 1.54) is 17.7 Å². The van der Waals surface area contributed by atoms with Gasteiger partial charge in [0.1, 0.15) is 12.1 Å². The van der Waals surface area contributed by atoms with E-state index < -0.39 is 18.2 Å². The third-order valence-electron chi connectivity index (χ3n) is 5.58. The fourth-order valence-electron chi connectivity index (χ4n) is 4.18. The Labute approximate surface area is 153 Å². The van der Waals surface area contributed by atoms with Crippen molar-refractivity contribution >= 4 is 11.8 Å². The summed E-state index contributed by atoms with van der Waals surface area (Å²) in [6.45, 7) is 4.09. The number of aliphatic hydroxyl groups excluding tert-OH is 1. The molecular weight excluding hydrogens is 334 g/mol. The zero-order chi connectivity index (χ0) is 18.8. The molecule has 0 aromatic carbocycles. The predicted molar refractivity (Wildman–Crippen MR) is 95.3 cm³/mol. The minimum Gasteiger partial charge on any atom is -0.391 e. The van der Waals surface area contributed by atoms with E-state index in [1.54, 1.807) is 11.7 Å². The van der Waals surface area contributed by atoms with Gasteiger partial charge >= 0.3 is 0 Å². The molecule has 3 atom stereocenters. The van der Waals surface area contributed by atoms with Crippen molar-refractivity contribution in [3.05, 3.63) is 11.9 Å². The summed E-state index contributed by atoms with van der Waals surface area (Å²) in [7, 11) is 1.54. The molecule has 2 heterocycles. The number of amides is 2. The second kappa shape index (κ2) is 7.73. The maximum absolute atomic E-state index is 13.2. The largest absolute Gasteiger partial charge is 0.391 e. The Kier molecular flexibility index (Phi) is 5.60. The lowest BCUT2D eigenvalue weighted by atomic mass is 10.0. The summed E-state index contributed by atoms with van der Waals surface area (Å²) < 4.78 is 1.65. The molecule has 1 saturated heterocycles. The van der Waals surface area contributed by atoms with Gasteiger partial charge in [0, 0.05) is 32.1 Å². The van der Waals surface area contributed by atoms with Crippen molar-refractivity contribution in [2.75, 3.05) is 13.6 Å². The first kappa shape index (κ1) is 18.8. The SMILES string of the molecule is CNC(=O)C1CC(O)CN1C(=O)C(C(C)C)n1cc(C2CCCC2)nn1.